The lowest BCUT2D eigenvalue weighted by atomic mass is 10.0. The summed E-state index contributed by atoms with van der Waals surface area (Å²) in [6.45, 7) is 12.6. The summed E-state index contributed by atoms with van der Waals surface area (Å²) in [7, 11) is -5.67. The SMILES string of the molecule is CCCN(OCC)C(=O)C1=Cc2ccc(-c3cnc(C(=O)OCc4ccc(NC(=O)[C@H](CCCNC(N)=O)NC(=O)[C@@H](NC(=O)CCOCCOCCOCCOCCOCCOCCOCCOCCOCCOCCC(=O)Oc5c(F)c(F)c(S(=O)(=O)O)c(F)c5F)C(C)C)cc4)nc3)cc2N=C(N)C1. The Kier molecular flexibility index (Phi) is 40.9. The highest BCUT2D eigenvalue weighted by atomic mass is 32.2. The number of benzene rings is 3. The van der Waals surface area contributed by atoms with Gasteiger partial charge in [0.15, 0.2) is 16.5 Å². The number of hydroxylamine groups is 2. The van der Waals surface area contributed by atoms with Crippen LogP contribution in [0.2, 0.25) is 0 Å². The number of nitrogens with zero attached hydrogens (tertiary/aromatic N) is 4. The van der Waals surface area contributed by atoms with Gasteiger partial charge in [-0.25, -0.2) is 38.4 Å². The van der Waals surface area contributed by atoms with Crippen molar-refractivity contribution in [2.24, 2.45) is 22.4 Å². The van der Waals surface area contributed by atoms with E-state index in [1.54, 1.807) is 50.3 Å². The molecule has 1 aliphatic heterocycles. The quantitative estimate of drug-likeness (QED) is 0.00591. The minimum absolute atomic E-state index is 0.00118. The molecule has 38 heteroatoms. The Labute approximate surface area is 616 Å². The van der Waals surface area contributed by atoms with Gasteiger partial charge < -0.3 is 89.6 Å². The number of urea groups is 1. The minimum Gasteiger partial charge on any atom is -0.455 e. The van der Waals surface area contributed by atoms with E-state index in [0.29, 0.717) is 131 Å². The molecule has 4 aromatic rings. The number of aliphatic imine (C=N–C) groups is 1. The van der Waals surface area contributed by atoms with Crippen molar-refractivity contribution in [2.75, 3.05) is 157 Å². The number of nitrogens with one attached hydrogen (secondary N) is 4. The van der Waals surface area contributed by atoms with Crippen molar-refractivity contribution in [1.29, 1.82) is 0 Å². The molecule has 0 bridgehead atoms. The van der Waals surface area contributed by atoms with Gasteiger partial charge in [-0.15, -0.1) is 0 Å². The van der Waals surface area contributed by atoms with Gasteiger partial charge in [0, 0.05) is 60.7 Å². The van der Waals surface area contributed by atoms with Gasteiger partial charge in [0.25, 0.3) is 5.91 Å². The van der Waals surface area contributed by atoms with E-state index in [1.807, 2.05) is 26.0 Å². The van der Waals surface area contributed by atoms with Crippen LogP contribution >= 0.6 is 0 Å². The number of amidine groups is 1. The molecule has 5 rings (SSSR count). The molecule has 0 radical (unpaired) electrons. The van der Waals surface area contributed by atoms with E-state index < -0.39 is 98.2 Å². The van der Waals surface area contributed by atoms with E-state index >= 15 is 0 Å². The van der Waals surface area contributed by atoms with Crippen molar-refractivity contribution < 1.29 is 126 Å². The molecule has 2 atom stereocenters. The van der Waals surface area contributed by atoms with Crippen LogP contribution in [0.3, 0.4) is 0 Å². The first-order chi connectivity index (χ1) is 51.4. The number of aromatic nitrogens is 2. The number of halogens is 4. The van der Waals surface area contributed by atoms with Gasteiger partial charge in [-0.1, -0.05) is 45.0 Å². The Balaban J connectivity index is 0.844. The zero-order chi connectivity index (χ0) is 77.9. The average Bonchev–Trinajstić information content (AvgIpc) is 1.52. The Bertz CT molecular complexity index is 3630. The number of carbonyl (C=O) groups excluding carboxylic acids is 7. The van der Waals surface area contributed by atoms with Crippen molar-refractivity contribution in [3.63, 3.8) is 0 Å². The number of hydrogen-bond acceptors (Lipinski definition) is 26. The molecule has 0 spiro atoms. The molecule has 1 aromatic heterocycles. The van der Waals surface area contributed by atoms with Crippen LogP contribution in [0.4, 0.5) is 33.7 Å². The fourth-order valence-corrected chi connectivity index (χ4v) is 10.1. The average molecular weight is 1540 g/mol. The van der Waals surface area contributed by atoms with Crippen LogP contribution in [0.1, 0.15) is 88.0 Å². The zero-order valence-electron chi connectivity index (χ0n) is 60.0. The lowest BCUT2D eigenvalue weighted by molar-refractivity contribution is -0.180. The smallest absolute Gasteiger partial charge is 0.376 e. The fourth-order valence-electron chi connectivity index (χ4n) is 9.46. The summed E-state index contributed by atoms with van der Waals surface area (Å²) in [5, 5.41) is 12.1. The lowest BCUT2D eigenvalue weighted by Crippen LogP contribution is -2.54. The molecule has 107 heavy (non-hydrogen) atoms. The van der Waals surface area contributed by atoms with Gasteiger partial charge in [0.05, 0.1) is 151 Å². The maximum atomic E-state index is 14.0. The third kappa shape index (κ3) is 33.1. The maximum absolute atomic E-state index is 14.0. The Hall–Kier alpha value is -8.77. The summed E-state index contributed by atoms with van der Waals surface area (Å²) < 4.78 is 151. The number of amides is 6. The molecule has 2 heterocycles. The first kappa shape index (κ1) is 88.9. The highest BCUT2D eigenvalue weighted by Gasteiger charge is 2.35. The molecule has 3 aromatic carbocycles. The third-order valence-corrected chi connectivity index (χ3v) is 15.6. The first-order valence-corrected chi connectivity index (χ1v) is 35.8. The van der Waals surface area contributed by atoms with Crippen molar-refractivity contribution in [3.05, 3.63) is 101 Å². The van der Waals surface area contributed by atoms with Crippen LogP contribution in [0.5, 0.6) is 5.75 Å². The normalized spacial score (nSPS) is 12.7. The van der Waals surface area contributed by atoms with Crippen LogP contribution in [0.25, 0.3) is 17.2 Å². The van der Waals surface area contributed by atoms with Gasteiger partial charge in [0.1, 0.15) is 24.5 Å². The zero-order valence-corrected chi connectivity index (χ0v) is 60.8. The molecule has 33 nitrogen and oxygen atoms in total. The van der Waals surface area contributed by atoms with Crippen LogP contribution in [0, 0.1) is 29.2 Å². The molecule has 0 aliphatic carbocycles. The lowest BCUT2D eigenvalue weighted by Gasteiger charge is -2.25. The van der Waals surface area contributed by atoms with Crippen LogP contribution in [0.15, 0.2) is 70.3 Å². The monoisotopic (exact) mass is 1540 g/mol. The molecule has 0 saturated carbocycles. The van der Waals surface area contributed by atoms with E-state index in [0.717, 1.165) is 0 Å². The number of hydrogen-bond donors (Lipinski definition) is 7. The van der Waals surface area contributed by atoms with Gasteiger partial charge in [-0.2, -0.15) is 17.2 Å². The van der Waals surface area contributed by atoms with E-state index in [4.69, 9.17) is 73.0 Å². The number of fused-ring (bicyclic) bond motifs is 1. The molecule has 0 unspecified atom stereocenters. The predicted molar refractivity (Wildman–Crippen MR) is 374 cm³/mol. The second-order valence-electron chi connectivity index (χ2n) is 23.4. The van der Waals surface area contributed by atoms with Gasteiger partial charge in [-0.3, -0.25) is 33.4 Å². The summed E-state index contributed by atoms with van der Waals surface area (Å²) in [6.07, 6.45) is 5.26. The molecular formula is C69H94F4N10O23S. The standard InChI is InChI=1S/C69H94F4N10O23S/c1-5-18-83(105-6-2)67(88)49-39-48-12-11-47(40-53(48)80-54(74)41-49)50-42-77-64(78-43-50)68(89)104-44-46-9-13-51(14-10-46)79-65(86)52(8-7-17-76-69(75)90)81-66(87)61(45(3)4)82-55(84)15-19-94-21-23-96-25-27-98-29-31-100-33-35-102-37-38-103-36-34-101-32-30-99-28-26-97-24-22-95-20-16-56(85)106-62-57(70)59(72)63(107(91,92)93)60(73)58(62)71/h9-14,39-40,42-43,45,52,61H,5-8,15-38,41,44H2,1-4H3,(H2,74,80)(H,79,86)(H,81,87)(H,82,84)(H3,75,76,90)(H,91,92,93)/t52-,61-/m0/s1. The predicted octanol–water partition coefficient (Wildman–Crippen LogP) is 4.83. The topological polar surface area (TPSA) is 435 Å². The summed E-state index contributed by atoms with van der Waals surface area (Å²) in [5.41, 5.74) is 15.4. The molecule has 9 N–H and O–H groups in total. The Morgan fingerprint density at radius 1 is 0.645 bits per heavy atom. The van der Waals surface area contributed by atoms with E-state index in [2.05, 4.69) is 41.0 Å². The fraction of sp³-hybridized carbons (Fsp3) is 0.536. The Morgan fingerprint density at radius 3 is 1.63 bits per heavy atom. The van der Waals surface area contributed by atoms with Crippen LogP contribution in [-0.2, 0) is 97.6 Å². The van der Waals surface area contributed by atoms with E-state index in [1.165, 1.54) is 17.5 Å². The first-order valence-electron chi connectivity index (χ1n) is 34.4. The second kappa shape index (κ2) is 49.2. The highest BCUT2D eigenvalue weighted by Crippen LogP contribution is 2.34. The number of rotatable bonds is 54. The van der Waals surface area contributed by atoms with Crippen molar-refractivity contribution >= 4 is 75.0 Å². The number of anilines is 1. The molecular weight excluding hydrogens is 1440 g/mol. The molecule has 6 amide bonds. The number of carbonyl (C=O) groups is 7. The van der Waals surface area contributed by atoms with Gasteiger partial charge >= 0.3 is 28.1 Å². The van der Waals surface area contributed by atoms with Crippen molar-refractivity contribution in [2.45, 2.75) is 89.8 Å². The number of primary amides is 1. The van der Waals surface area contributed by atoms with E-state index in [9.17, 15) is 59.5 Å². The van der Waals surface area contributed by atoms with Crippen LogP contribution < -0.4 is 37.5 Å². The summed E-state index contributed by atoms with van der Waals surface area (Å²) >= 11 is 0. The number of esters is 2. The van der Waals surface area contributed by atoms with Gasteiger partial charge in [0.2, 0.25) is 40.9 Å². The van der Waals surface area contributed by atoms with E-state index in [-0.39, 0.29) is 122 Å². The molecule has 592 valence electrons. The highest BCUT2D eigenvalue weighted by molar-refractivity contribution is 7.85. The summed E-state index contributed by atoms with van der Waals surface area (Å²) in [5.74, 6) is -15.8. The third-order valence-electron chi connectivity index (χ3n) is 14.8. The minimum atomic E-state index is -5.67. The molecule has 0 fully saturated rings. The molecule has 0 saturated heterocycles. The summed E-state index contributed by atoms with van der Waals surface area (Å²) in [6, 6.07) is 9.00. The van der Waals surface area contributed by atoms with Gasteiger partial charge in [-0.05, 0) is 67.5 Å². The Morgan fingerprint density at radius 2 is 1.15 bits per heavy atom. The van der Waals surface area contributed by atoms with Crippen molar-refractivity contribution in [1.82, 2.24) is 31.0 Å². The molecule has 1 aliphatic rings. The second-order valence-corrected chi connectivity index (χ2v) is 24.7. The van der Waals surface area contributed by atoms with Crippen molar-refractivity contribution in [3.8, 4) is 16.9 Å². The number of ether oxygens (including phenoxy) is 12. The maximum Gasteiger partial charge on any atom is 0.376 e. The number of nitrogens with two attached hydrogens (primary N) is 2. The van der Waals surface area contributed by atoms with Crippen LogP contribution in [-0.4, -0.2) is 239 Å². The largest absolute Gasteiger partial charge is 0.455 e. The summed E-state index contributed by atoms with van der Waals surface area (Å²) in [4.78, 5) is 106.